The predicted octanol–water partition coefficient (Wildman–Crippen LogP) is 5.54. The molecule has 0 unspecified atom stereocenters. The zero-order valence-electron chi connectivity index (χ0n) is 16.5. The average Bonchev–Trinajstić information content (AvgIpc) is 3.20. The van der Waals surface area contributed by atoms with Crippen LogP contribution in [0.15, 0.2) is 34.8 Å². The van der Waals surface area contributed by atoms with Crippen molar-refractivity contribution >= 4 is 38.6 Å². The smallest absolute Gasteiger partial charge is 0.379 e. The SMILES string of the molecule is Cc1nc(N[C@H](C)c2cccc(C(F)(F)C(=O)O)c2)c2cc(Br)c3c(c2n1)CCC3. The molecular formula is C22H20BrF2N3O2. The van der Waals surface area contributed by atoms with Gasteiger partial charge in [-0.3, -0.25) is 0 Å². The molecule has 1 atom stereocenters. The highest BCUT2D eigenvalue weighted by Crippen LogP contribution is 2.38. The fraction of sp³-hybridized carbons (Fsp3) is 0.318. The summed E-state index contributed by atoms with van der Waals surface area (Å²) < 4.78 is 28.9. The molecule has 0 saturated carbocycles. The summed E-state index contributed by atoms with van der Waals surface area (Å²) in [5.41, 5.74) is 3.41. The number of carbonyl (C=O) groups is 1. The van der Waals surface area contributed by atoms with Gasteiger partial charge in [0.1, 0.15) is 11.6 Å². The van der Waals surface area contributed by atoms with Gasteiger partial charge in [0.15, 0.2) is 0 Å². The van der Waals surface area contributed by atoms with Gasteiger partial charge in [-0.15, -0.1) is 0 Å². The third-order valence-electron chi connectivity index (χ3n) is 5.49. The van der Waals surface area contributed by atoms with E-state index in [1.165, 1.54) is 23.3 Å². The van der Waals surface area contributed by atoms with E-state index in [1.807, 2.05) is 19.9 Å². The minimum Gasteiger partial charge on any atom is -0.477 e. The highest BCUT2D eigenvalue weighted by molar-refractivity contribution is 9.10. The molecule has 156 valence electrons. The molecule has 2 aromatic carbocycles. The maximum atomic E-state index is 13.9. The van der Waals surface area contributed by atoms with Crippen LogP contribution in [0.5, 0.6) is 0 Å². The Hall–Kier alpha value is -2.61. The molecule has 0 spiro atoms. The lowest BCUT2D eigenvalue weighted by molar-refractivity contribution is -0.166. The minimum atomic E-state index is -3.95. The highest BCUT2D eigenvalue weighted by Gasteiger charge is 2.41. The molecular weight excluding hydrogens is 456 g/mol. The van der Waals surface area contributed by atoms with Crippen molar-refractivity contribution in [1.29, 1.82) is 0 Å². The molecule has 0 saturated heterocycles. The highest BCUT2D eigenvalue weighted by atomic mass is 79.9. The Morgan fingerprint density at radius 3 is 2.70 bits per heavy atom. The van der Waals surface area contributed by atoms with E-state index in [0.29, 0.717) is 17.2 Å². The van der Waals surface area contributed by atoms with E-state index in [1.54, 1.807) is 6.07 Å². The van der Waals surface area contributed by atoms with Crippen molar-refractivity contribution in [1.82, 2.24) is 9.97 Å². The largest absolute Gasteiger partial charge is 0.477 e. The molecule has 0 bridgehead atoms. The first-order chi connectivity index (χ1) is 14.2. The number of halogens is 3. The van der Waals surface area contributed by atoms with E-state index in [9.17, 15) is 13.6 Å². The lowest BCUT2D eigenvalue weighted by Crippen LogP contribution is -2.25. The summed E-state index contributed by atoms with van der Waals surface area (Å²) in [5, 5.41) is 13.0. The van der Waals surface area contributed by atoms with Crippen LogP contribution in [0.25, 0.3) is 10.9 Å². The topological polar surface area (TPSA) is 75.1 Å². The molecule has 30 heavy (non-hydrogen) atoms. The molecule has 0 amide bonds. The van der Waals surface area contributed by atoms with Gasteiger partial charge in [0.05, 0.1) is 5.52 Å². The number of aryl methyl sites for hydroxylation is 2. The van der Waals surface area contributed by atoms with Crippen LogP contribution in [0, 0.1) is 6.92 Å². The predicted molar refractivity (Wildman–Crippen MR) is 114 cm³/mol. The maximum Gasteiger partial charge on any atom is 0.379 e. The molecule has 0 radical (unpaired) electrons. The lowest BCUT2D eigenvalue weighted by atomic mass is 10.0. The zero-order valence-corrected chi connectivity index (χ0v) is 18.1. The lowest BCUT2D eigenvalue weighted by Gasteiger charge is -2.20. The van der Waals surface area contributed by atoms with Gasteiger partial charge in [-0.05, 0) is 61.9 Å². The number of anilines is 1. The van der Waals surface area contributed by atoms with E-state index in [2.05, 4.69) is 31.2 Å². The molecule has 0 aliphatic heterocycles. The first kappa shape index (κ1) is 20.7. The van der Waals surface area contributed by atoms with Crippen LogP contribution >= 0.6 is 15.9 Å². The van der Waals surface area contributed by atoms with Crippen LogP contribution < -0.4 is 5.32 Å². The van der Waals surface area contributed by atoms with Crippen LogP contribution in [0.1, 0.15) is 47.5 Å². The summed E-state index contributed by atoms with van der Waals surface area (Å²) in [7, 11) is 0. The maximum absolute atomic E-state index is 13.9. The third-order valence-corrected chi connectivity index (χ3v) is 6.20. The van der Waals surface area contributed by atoms with E-state index in [-0.39, 0.29) is 6.04 Å². The van der Waals surface area contributed by atoms with E-state index >= 15 is 0 Å². The van der Waals surface area contributed by atoms with Crippen molar-refractivity contribution < 1.29 is 18.7 Å². The number of alkyl halides is 2. The number of hydrogen-bond donors (Lipinski definition) is 2. The molecule has 8 heteroatoms. The van der Waals surface area contributed by atoms with Gasteiger partial charge in [0.25, 0.3) is 0 Å². The monoisotopic (exact) mass is 475 g/mol. The van der Waals surface area contributed by atoms with Crippen LogP contribution in [-0.2, 0) is 23.6 Å². The summed E-state index contributed by atoms with van der Waals surface area (Å²) in [4.78, 5) is 20.1. The summed E-state index contributed by atoms with van der Waals surface area (Å²) in [6.07, 6.45) is 3.06. The van der Waals surface area contributed by atoms with Gasteiger partial charge in [-0.25, -0.2) is 14.8 Å². The van der Waals surface area contributed by atoms with Gasteiger partial charge in [-0.2, -0.15) is 8.78 Å². The van der Waals surface area contributed by atoms with E-state index in [4.69, 9.17) is 5.11 Å². The molecule has 1 aliphatic carbocycles. The second kappa shape index (κ2) is 7.58. The van der Waals surface area contributed by atoms with Gasteiger partial charge in [-0.1, -0.05) is 34.1 Å². The Morgan fingerprint density at radius 1 is 1.23 bits per heavy atom. The Bertz CT molecular complexity index is 1170. The molecule has 1 aromatic heterocycles. The van der Waals surface area contributed by atoms with Gasteiger partial charge in [0.2, 0.25) is 0 Å². The normalized spacial score (nSPS) is 14.6. The summed E-state index contributed by atoms with van der Waals surface area (Å²) >= 11 is 3.65. The van der Waals surface area contributed by atoms with Crippen molar-refractivity contribution in [2.75, 3.05) is 5.32 Å². The zero-order chi connectivity index (χ0) is 21.6. The Balaban J connectivity index is 1.73. The second-order valence-corrected chi connectivity index (χ2v) is 8.41. The van der Waals surface area contributed by atoms with Crippen LogP contribution in [0.3, 0.4) is 0 Å². The Labute approximate surface area is 180 Å². The first-order valence-corrected chi connectivity index (χ1v) is 10.4. The van der Waals surface area contributed by atoms with Gasteiger partial charge in [0, 0.05) is 21.5 Å². The van der Waals surface area contributed by atoms with Gasteiger partial charge >= 0.3 is 11.9 Å². The average molecular weight is 476 g/mol. The molecule has 0 fully saturated rings. The summed E-state index contributed by atoms with van der Waals surface area (Å²) in [5.74, 6) is -4.87. The van der Waals surface area contributed by atoms with Crippen molar-refractivity contribution in [2.24, 2.45) is 0 Å². The number of rotatable bonds is 5. The van der Waals surface area contributed by atoms with Crippen LogP contribution in [-0.4, -0.2) is 21.0 Å². The number of benzene rings is 2. The molecule has 5 nitrogen and oxygen atoms in total. The molecule has 4 rings (SSSR count). The van der Waals surface area contributed by atoms with Crippen molar-refractivity contribution in [3.05, 3.63) is 62.9 Å². The summed E-state index contributed by atoms with van der Waals surface area (Å²) in [6.45, 7) is 3.65. The third kappa shape index (κ3) is 3.53. The number of nitrogens with one attached hydrogen (secondary N) is 1. The van der Waals surface area contributed by atoms with Crippen molar-refractivity contribution in [3.63, 3.8) is 0 Å². The number of carboxylic acids is 1. The number of aromatic nitrogens is 2. The number of hydrogen-bond acceptors (Lipinski definition) is 4. The number of fused-ring (bicyclic) bond motifs is 3. The van der Waals surface area contributed by atoms with Gasteiger partial charge < -0.3 is 10.4 Å². The summed E-state index contributed by atoms with van der Waals surface area (Å²) in [6, 6.07) is 7.09. The second-order valence-electron chi connectivity index (χ2n) is 7.56. The first-order valence-electron chi connectivity index (χ1n) is 9.65. The van der Waals surface area contributed by atoms with E-state index in [0.717, 1.165) is 40.7 Å². The quantitative estimate of drug-likeness (QED) is 0.506. The Kier molecular flexibility index (Phi) is 5.22. The van der Waals surface area contributed by atoms with Crippen LogP contribution in [0.4, 0.5) is 14.6 Å². The fourth-order valence-electron chi connectivity index (χ4n) is 3.96. The van der Waals surface area contributed by atoms with E-state index < -0.39 is 17.5 Å². The molecule has 1 heterocycles. The minimum absolute atomic E-state index is 0.376. The molecule has 2 N–H and O–H groups in total. The fourth-order valence-corrected chi connectivity index (χ4v) is 4.62. The molecule has 1 aliphatic rings. The number of nitrogens with zero attached hydrogens (tertiary/aromatic N) is 2. The van der Waals surface area contributed by atoms with Crippen molar-refractivity contribution in [2.45, 2.75) is 45.1 Å². The van der Waals surface area contributed by atoms with Crippen molar-refractivity contribution in [3.8, 4) is 0 Å². The number of carboxylic acid groups (broad SMARTS) is 1. The molecule has 3 aromatic rings. The number of aliphatic carboxylic acids is 1. The standard InChI is InChI=1S/C22H20BrF2N3O2/c1-11(13-5-3-6-14(9-13)22(24,25)21(29)30)26-20-17-10-18(23)15-7-4-8-16(15)19(17)27-12(2)28-20/h3,5-6,9-11H,4,7-8H2,1-2H3,(H,29,30)(H,26,27,28)/t11-/m1/s1. The van der Waals surface area contributed by atoms with Crippen LogP contribution in [0.2, 0.25) is 0 Å². The Morgan fingerprint density at radius 2 is 1.97 bits per heavy atom.